The van der Waals surface area contributed by atoms with E-state index in [-0.39, 0.29) is 5.82 Å². The van der Waals surface area contributed by atoms with Gasteiger partial charge in [0.1, 0.15) is 22.4 Å². The first-order valence-electron chi connectivity index (χ1n) is 6.94. The zero-order valence-electron chi connectivity index (χ0n) is 12.1. The molecule has 0 radical (unpaired) electrons. The third kappa shape index (κ3) is 3.69. The van der Waals surface area contributed by atoms with Gasteiger partial charge in [0, 0.05) is 18.8 Å². The minimum Gasteiger partial charge on any atom is -0.369 e. The van der Waals surface area contributed by atoms with Crippen LogP contribution in [0.25, 0.3) is 0 Å². The fraction of sp³-hybridized carbons (Fsp3) is 0.333. The Kier molecular flexibility index (Phi) is 5.50. The monoisotopic (exact) mass is 352 g/mol. The van der Waals surface area contributed by atoms with E-state index in [9.17, 15) is 4.39 Å². The number of hydrogen-bond acceptors (Lipinski definition) is 4. The van der Waals surface area contributed by atoms with Crippen LogP contribution in [0.3, 0.4) is 0 Å². The van der Waals surface area contributed by atoms with Gasteiger partial charge in [-0.05, 0) is 47.5 Å². The lowest BCUT2D eigenvalue weighted by molar-refractivity contribution is 0.627. The lowest BCUT2D eigenvalue weighted by Crippen LogP contribution is -2.19. The molecule has 2 rings (SSSR count). The first-order valence-corrected chi connectivity index (χ1v) is 7.74. The summed E-state index contributed by atoms with van der Waals surface area (Å²) in [5.41, 5.74) is 0.762. The number of hydrogen-bond donors (Lipinski definition) is 1. The average Bonchev–Trinajstić information content (AvgIpc) is 2.48. The van der Waals surface area contributed by atoms with E-state index in [1.54, 1.807) is 6.07 Å². The van der Waals surface area contributed by atoms with Crippen molar-refractivity contribution in [1.29, 1.82) is 0 Å². The van der Waals surface area contributed by atoms with Crippen LogP contribution >= 0.6 is 15.9 Å². The van der Waals surface area contributed by atoms with Crippen LogP contribution in [-0.2, 0) is 0 Å². The van der Waals surface area contributed by atoms with Crippen molar-refractivity contribution in [2.75, 3.05) is 23.3 Å². The molecular formula is C15H18BrFN4. The van der Waals surface area contributed by atoms with E-state index < -0.39 is 0 Å². The fourth-order valence-corrected chi connectivity index (χ4v) is 2.57. The average molecular weight is 353 g/mol. The van der Waals surface area contributed by atoms with Crippen LogP contribution in [-0.4, -0.2) is 23.1 Å². The van der Waals surface area contributed by atoms with Gasteiger partial charge in [-0.15, -0.1) is 0 Å². The Morgan fingerprint density at radius 2 is 2.10 bits per heavy atom. The number of halogens is 2. The van der Waals surface area contributed by atoms with Crippen LogP contribution in [0.5, 0.6) is 0 Å². The molecule has 1 heterocycles. The molecule has 0 saturated carbocycles. The van der Waals surface area contributed by atoms with Crippen molar-refractivity contribution in [2.24, 2.45) is 0 Å². The van der Waals surface area contributed by atoms with Crippen LogP contribution < -0.4 is 10.2 Å². The summed E-state index contributed by atoms with van der Waals surface area (Å²) >= 11 is 3.55. The molecule has 2 aromatic rings. The summed E-state index contributed by atoms with van der Waals surface area (Å²) in [5.74, 6) is 1.20. The van der Waals surface area contributed by atoms with E-state index in [4.69, 9.17) is 0 Å². The minimum atomic E-state index is -0.263. The highest BCUT2D eigenvalue weighted by atomic mass is 79.9. The van der Waals surface area contributed by atoms with Crippen LogP contribution in [0.15, 0.2) is 35.1 Å². The van der Waals surface area contributed by atoms with Crippen LogP contribution in [0, 0.1) is 5.82 Å². The van der Waals surface area contributed by atoms with Crippen LogP contribution in [0.2, 0.25) is 0 Å². The molecule has 4 nitrogen and oxygen atoms in total. The minimum absolute atomic E-state index is 0.263. The van der Waals surface area contributed by atoms with E-state index in [2.05, 4.69) is 38.1 Å². The summed E-state index contributed by atoms with van der Waals surface area (Å²) in [5, 5.41) is 3.25. The molecule has 0 amide bonds. The molecular weight excluding hydrogens is 335 g/mol. The van der Waals surface area contributed by atoms with E-state index in [1.165, 1.54) is 18.5 Å². The highest BCUT2D eigenvalue weighted by molar-refractivity contribution is 9.10. The molecule has 0 fully saturated rings. The summed E-state index contributed by atoms with van der Waals surface area (Å²) in [6, 6.07) is 6.48. The van der Waals surface area contributed by atoms with Crippen molar-refractivity contribution in [3.63, 3.8) is 0 Å². The Morgan fingerprint density at radius 3 is 2.76 bits per heavy atom. The molecule has 1 aromatic carbocycles. The van der Waals surface area contributed by atoms with Gasteiger partial charge >= 0.3 is 0 Å². The van der Waals surface area contributed by atoms with E-state index in [1.807, 2.05) is 17.9 Å². The van der Waals surface area contributed by atoms with Gasteiger partial charge in [-0.1, -0.05) is 13.0 Å². The summed E-state index contributed by atoms with van der Waals surface area (Å²) in [7, 11) is 0. The molecule has 21 heavy (non-hydrogen) atoms. The molecule has 112 valence electrons. The summed E-state index contributed by atoms with van der Waals surface area (Å²) in [6.07, 6.45) is 2.52. The van der Waals surface area contributed by atoms with E-state index >= 15 is 0 Å². The van der Waals surface area contributed by atoms with Gasteiger partial charge in [-0.3, -0.25) is 0 Å². The molecule has 0 aliphatic heterocycles. The molecule has 0 atom stereocenters. The lowest BCUT2D eigenvalue weighted by Gasteiger charge is -2.24. The highest BCUT2D eigenvalue weighted by Crippen LogP contribution is 2.33. The third-order valence-corrected chi connectivity index (χ3v) is 3.74. The predicted octanol–water partition coefficient (Wildman–Crippen LogP) is 4.36. The Balaban J connectivity index is 2.38. The molecule has 1 aromatic heterocycles. The maximum atomic E-state index is 13.4. The van der Waals surface area contributed by atoms with Crippen molar-refractivity contribution in [3.8, 4) is 0 Å². The smallest absolute Gasteiger partial charge is 0.152 e. The number of benzene rings is 1. The first-order chi connectivity index (χ1) is 10.2. The molecule has 0 bridgehead atoms. The van der Waals surface area contributed by atoms with Crippen molar-refractivity contribution in [2.45, 2.75) is 20.3 Å². The number of nitrogens with zero attached hydrogens (tertiary/aromatic N) is 3. The summed E-state index contributed by atoms with van der Waals surface area (Å²) in [4.78, 5) is 10.5. The second-order valence-electron chi connectivity index (χ2n) is 4.51. The number of aromatic nitrogens is 2. The Labute approximate surface area is 132 Å². The molecule has 1 N–H and O–H groups in total. The molecule has 0 aliphatic carbocycles. The van der Waals surface area contributed by atoms with Crippen molar-refractivity contribution < 1.29 is 4.39 Å². The Bertz CT molecular complexity index is 606. The van der Waals surface area contributed by atoms with Crippen LogP contribution in [0.1, 0.15) is 20.3 Å². The molecule has 0 unspecified atom stereocenters. The molecule has 0 saturated heterocycles. The Hall–Kier alpha value is -1.69. The van der Waals surface area contributed by atoms with Gasteiger partial charge in [0.05, 0.1) is 0 Å². The maximum Gasteiger partial charge on any atom is 0.152 e. The molecule has 0 spiro atoms. The number of anilines is 3. The standard InChI is InChI=1S/C15H18BrFN4/c1-3-8-18-14-13(16)15(20-10-19-14)21(4-2)12-7-5-6-11(17)9-12/h5-7,9-10H,3-4,8H2,1-2H3,(H,18,19,20). The van der Waals surface area contributed by atoms with Gasteiger partial charge in [-0.2, -0.15) is 0 Å². The van der Waals surface area contributed by atoms with Crippen molar-refractivity contribution in [1.82, 2.24) is 9.97 Å². The quantitative estimate of drug-likeness (QED) is 0.838. The van der Waals surface area contributed by atoms with E-state index in [0.717, 1.165) is 34.8 Å². The lowest BCUT2D eigenvalue weighted by atomic mass is 10.2. The first kappa shape index (κ1) is 15.7. The van der Waals surface area contributed by atoms with Gasteiger partial charge < -0.3 is 10.2 Å². The van der Waals surface area contributed by atoms with Crippen molar-refractivity contribution in [3.05, 3.63) is 40.9 Å². The SMILES string of the molecule is CCCNc1ncnc(N(CC)c2cccc(F)c2)c1Br. The normalized spacial score (nSPS) is 10.5. The highest BCUT2D eigenvalue weighted by Gasteiger charge is 2.16. The Morgan fingerprint density at radius 1 is 1.29 bits per heavy atom. The third-order valence-electron chi connectivity index (χ3n) is 3.01. The zero-order chi connectivity index (χ0) is 15.2. The van der Waals surface area contributed by atoms with Gasteiger partial charge in [-0.25, -0.2) is 14.4 Å². The fourth-order valence-electron chi connectivity index (χ4n) is 2.01. The maximum absolute atomic E-state index is 13.4. The zero-order valence-corrected chi connectivity index (χ0v) is 13.7. The van der Waals surface area contributed by atoms with Crippen molar-refractivity contribution >= 4 is 33.3 Å². The number of rotatable bonds is 6. The topological polar surface area (TPSA) is 41.1 Å². The molecule has 6 heteroatoms. The predicted molar refractivity (Wildman–Crippen MR) is 87.6 cm³/mol. The second-order valence-corrected chi connectivity index (χ2v) is 5.30. The van der Waals surface area contributed by atoms with Gasteiger partial charge in [0.2, 0.25) is 0 Å². The largest absolute Gasteiger partial charge is 0.369 e. The second kappa shape index (κ2) is 7.36. The molecule has 0 aliphatic rings. The summed E-state index contributed by atoms with van der Waals surface area (Å²) in [6.45, 7) is 5.60. The number of nitrogens with one attached hydrogen (secondary N) is 1. The van der Waals surface area contributed by atoms with Gasteiger partial charge in [0.25, 0.3) is 0 Å². The van der Waals surface area contributed by atoms with Crippen LogP contribution in [0.4, 0.5) is 21.7 Å². The summed E-state index contributed by atoms with van der Waals surface area (Å²) < 4.78 is 14.2. The van der Waals surface area contributed by atoms with E-state index in [0.29, 0.717) is 6.54 Å². The van der Waals surface area contributed by atoms with Gasteiger partial charge in [0.15, 0.2) is 5.82 Å².